The third-order valence-corrected chi connectivity index (χ3v) is 0. The Morgan fingerprint density at radius 1 is 0.471 bits per heavy atom. The van der Waals surface area contributed by atoms with Crippen LogP contribution in [0.2, 0.25) is 0 Å². The van der Waals surface area contributed by atoms with Crippen molar-refractivity contribution in [3.8, 4) is 0 Å². The van der Waals surface area contributed by atoms with Crippen LogP contribution in [0.1, 0.15) is 0 Å². The molecule has 7 heteroatoms. The SMILES string of the molecule is [CH2-]C([CH2-])[CH2-].[CH3-].[CH3-].[CH3-].[CH3-].[CH3-].[CH3-].[W+2].[W+2].[W+2].[W].[W].[W].[Y]. The fraction of sp³-hybridized carbons (Fsp3) is 0.100. The summed E-state index contributed by atoms with van der Waals surface area (Å²) < 4.78 is 0. The summed E-state index contributed by atoms with van der Waals surface area (Å²) in [6, 6.07) is 0. The Balaban J connectivity index is -0.000000000577. The molecule has 107 valence electrons. The van der Waals surface area contributed by atoms with E-state index in [0.717, 1.165) is 0 Å². The predicted octanol–water partition coefficient (Wildman–Crippen LogP) is 3.79. The minimum atomic E-state index is 0. The smallest absolute Gasteiger partial charge is 0.447 e. The average Bonchev–Trinajstić information content (AvgIpc) is 0.811. The summed E-state index contributed by atoms with van der Waals surface area (Å²) in [7, 11) is 0. The summed E-state index contributed by atoms with van der Waals surface area (Å²) in [5.41, 5.74) is 0. The van der Waals surface area contributed by atoms with Gasteiger partial charge in [0.1, 0.15) is 0 Å². The monoisotopic (exact) mass is 1340 g/mol. The van der Waals surface area contributed by atoms with E-state index in [9.17, 15) is 0 Å². The molecule has 0 aromatic heterocycles. The van der Waals surface area contributed by atoms with Gasteiger partial charge in [-0.2, -0.15) is 0 Å². The van der Waals surface area contributed by atoms with Gasteiger partial charge in [-0.3, -0.25) is 0 Å². The zero-order valence-electron chi connectivity index (χ0n) is 11.7. The first-order chi connectivity index (χ1) is 1.73. The van der Waals surface area contributed by atoms with Crippen LogP contribution in [0.4, 0.5) is 0 Å². The summed E-state index contributed by atoms with van der Waals surface area (Å²) in [5.74, 6) is 0.0833. The first-order valence-corrected chi connectivity index (χ1v) is 1.22. The molecule has 0 spiro atoms. The Kier molecular flexibility index (Phi) is 1120. The second kappa shape index (κ2) is 128. The molecule has 0 aromatic rings. The Bertz CT molecular complexity index is 25.5. The normalized spacial score (nSPS) is 2.12. The van der Waals surface area contributed by atoms with Crippen LogP contribution in [0, 0.1) is 71.2 Å². The third-order valence-electron chi connectivity index (χ3n) is 0. The molecule has 0 aliphatic rings. The van der Waals surface area contributed by atoms with Crippen molar-refractivity contribution in [1.82, 2.24) is 0 Å². The van der Waals surface area contributed by atoms with E-state index >= 15 is 0 Å². The largest absolute Gasteiger partial charge is 2.00 e. The van der Waals surface area contributed by atoms with Crippen molar-refractivity contribution in [1.29, 1.82) is 0 Å². The van der Waals surface area contributed by atoms with E-state index in [2.05, 4.69) is 20.8 Å². The van der Waals surface area contributed by atoms with Crippen molar-refractivity contribution >= 4 is 0 Å². The van der Waals surface area contributed by atoms with Gasteiger partial charge >= 0.3 is 63.2 Å². The molecular weight excluding hydrogens is 1310 g/mol. The maximum atomic E-state index is 3.42. The van der Waals surface area contributed by atoms with Crippen LogP contribution < -0.4 is 0 Å². The Labute approximate surface area is 226 Å². The van der Waals surface area contributed by atoms with Crippen LogP contribution in [0.5, 0.6) is 0 Å². The van der Waals surface area contributed by atoms with Gasteiger partial charge in [-0.15, -0.1) is 0 Å². The van der Waals surface area contributed by atoms with Crippen molar-refractivity contribution in [2.45, 2.75) is 0 Å². The van der Waals surface area contributed by atoms with Gasteiger partial charge in [0.15, 0.2) is 0 Å². The average molecular weight is 1340 g/mol. The van der Waals surface area contributed by atoms with Crippen molar-refractivity contribution in [3.63, 3.8) is 0 Å². The fourth-order valence-corrected chi connectivity index (χ4v) is 0. The van der Waals surface area contributed by atoms with Crippen LogP contribution in [0.3, 0.4) is 0 Å². The minimum absolute atomic E-state index is 0. The van der Waals surface area contributed by atoms with Gasteiger partial charge < -0.3 is 71.2 Å². The van der Waals surface area contributed by atoms with Gasteiger partial charge in [0.2, 0.25) is 0 Å². The molecule has 0 heterocycles. The minimum Gasteiger partial charge on any atom is -0.447 e. The molecule has 0 amide bonds. The first kappa shape index (κ1) is 148. The molecule has 0 saturated heterocycles. The zero-order valence-corrected chi connectivity index (χ0v) is 32.2. The van der Waals surface area contributed by atoms with Crippen molar-refractivity contribution in [3.05, 3.63) is 65.3 Å². The van der Waals surface area contributed by atoms with Crippen LogP contribution in [-0.2, 0) is 159 Å². The van der Waals surface area contributed by atoms with Gasteiger partial charge in [-0.25, -0.2) is 0 Å². The summed E-state index contributed by atoms with van der Waals surface area (Å²) in [6.45, 7) is 10.2. The summed E-state index contributed by atoms with van der Waals surface area (Å²) in [6.07, 6.45) is 0. The van der Waals surface area contributed by atoms with E-state index in [-0.39, 0.29) is 210 Å². The molecule has 0 unspecified atom stereocenters. The molecule has 0 fully saturated rings. The van der Waals surface area contributed by atoms with E-state index in [1.165, 1.54) is 0 Å². The molecule has 0 saturated carbocycles. The topological polar surface area (TPSA) is 0 Å². The van der Waals surface area contributed by atoms with Gasteiger partial charge in [-0.05, 0) is 0 Å². The molecule has 0 N–H and O–H groups in total. The molecule has 0 rings (SSSR count). The second-order valence-corrected chi connectivity index (χ2v) is 0.866. The molecular formula is C10H25W6Y-3. The second-order valence-electron chi connectivity index (χ2n) is 0.866. The van der Waals surface area contributed by atoms with E-state index in [1.54, 1.807) is 0 Å². The van der Waals surface area contributed by atoms with E-state index in [4.69, 9.17) is 0 Å². The molecule has 0 nitrogen and oxygen atoms in total. The van der Waals surface area contributed by atoms with E-state index in [0.29, 0.717) is 0 Å². The maximum Gasteiger partial charge on any atom is 2.00 e. The maximum absolute atomic E-state index is 3.42. The van der Waals surface area contributed by atoms with Gasteiger partial charge in [0.25, 0.3) is 0 Å². The van der Waals surface area contributed by atoms with Gasteiger partial charge in [-0.1, -0.05) is 0 Å². The Morgan fingerprint density at radius 2 is 0.471 bits per heavy atom. The quantitative estimate of drug-likeness (QED) is 0.325. The van der Waals surface area contributed by atoms with Crippen LogP contribution in [0.15, 0.2) is 0 Å². The van der Waals surface area contributed by atoms with Crippen LogP contribution >= 0.6 is 0 Å². The van der Waals surface area contributed by atoms with Crippen molar-refractivity contribution < 1.29 is 159 Å². The fourth-order valence-electron chi connectivity index (χ4n) is 0. The van der Waals surface area contributed by atoms with Gasteiger partial charge in [0, 0.05) is 95.9 Å². The van der Waals surface area contributed by atoms with Crippen molar-refractivity contribution in [2.75, 3.05) is 0 Å². The zero-order chi connectivity index (χ0) is 3.58. The van der Waals surface area contributed by atoms with Gasteiger partial charge in [0.05, 0.1) is 0 Å². The van der Waals surface area contributed by atoms with E-state index < -0.39 is 0 Å². The molecule has 1 radical (unpaired) electrons. The summed E-state index contributed by atoms with van der Waals surface area (Å²) >= 11 is 0. The first-order valence-electron chi connectivity index (χ1n) is 1.22. The molecule has 0 aliphatic heterocycles. The van der Waals surface area contributed by atoms with Crippen molar-refractivity contribution in [2.24, 2.45) is 5.92 Å². The van der Waals surface area contributed by atoms with Crippen LogP contribution in [0.25, 0.3) is 0 Å². The predicted molar refractivity (Wildman–Crippen MR) is 58.0 cm³/mol. The Hall–Kier alpha value is 5.23. The molecule has 0 aromatic carbocycles. The Morgan fingerprint density at radius 3 is 0.471 bits per heavy atom. The summed E-state index contributed by atoms with van der Waals surface area (Å²) in [5, 5.41) is 0. The molecule has 0 atom stereocenters. The third kappa shape index (κ3) is 287. The number of rotatable bonds is 0. The van der Waals surface area contributed by atoms with Crippen LogP contribution in [-0.4, -0.2) is 0 Å². The number of hydrogen-bond acceptors (Lipinski definition) is 0. The molecule has 0 bridgehead atoms. The summed E-state index contributed by atoms with van der Waals surface area (Å²) in [4.78, 5) is 0. The molecule has 17 heavy (non-hydrogen) atoms. The standard InChI is InChI=1S/C4H7.6CH3.6W.Y/c1-4(2)3;;;;;;;;;;;;;/h4H,1-3H2;6*1H3;;;;;;;/q-3;6*-1;;;;3*+2;. The molecule has 0 aliphatic carbocycles. The van der Waals surface area contributed by atoms with E-state index in [1.807, 2.05) is 0 Å². The number of hydrogen-bond donors (Lipinski definition) is 0.